The van der Waals surface area contributed by atoms with Crippen LogP contribution in [0.2, 0.25) is 5.02 Å². The van der Waals surface area contributed by atoms with Crippen molar-refractivity contribution in [2.75, 3.05) is 5.01 Å². The number of rotatable bonds is 1. The van der Waals surface area contributed by atoms with Gasteiger partial charge >= 0.3 is 0 Å². The molecule has 1 amide bonds. The van der Waals surface area contributed by atoms with Gasteiger partial charge in [0.1, 0.15) is 5.84 Å². The molecular formula is C9H8ClN3O. The lowest BCUT2D eigenvalue weighted by Gasteiger charge is -2.10. The molecule has 0 spiro atoms. The number of hydrogen-bond donors (Lipinski definition) is 1. The highest BCUT2D eigenvalue weighted by molar-refractivity contribution is 6.30. The maximum atomic E-state index is 11.4. The molecule has 0 aliphatic carbocycles. The van der Waals surface area contributed by atoms with Gasteiger partial charge in [0.15, 0.2) is 0 Å². The SMILES string of the molecule is NC1=NN(c2ccc(Cl)cc2)C(=O)C1. The number of nitrogens with zero attached hydrogens (tertiary/aromatic N) is 2. The Balaban J connectivity index is 2.32. The highest BCUT2D eigenvalue weighted by atomic mass is 35.5. The smallest absolute Gasteiger partial charge is 0.255 e. The van der Waals surface area contributed by atoms with Crippen LogP contribution in [0.5, 0.6) is 0 Å². The largest absolute Gasteiger partial charge is 0.385 e. The third-order valence-corrected chi connectivity index (χ3v) is 2.12. The van der Waals surface area contributed by atoms with Gasteiger partial charge in [0.25, 0.3) is 5.91 Å². The molecule has 1 aliphatic heterocycles. The standard InChI is InChI=1S/C9H8ClN3O/c10-6-1-3-7(4-2-6)13-9(14)5-8(11)12-13/h1-4H,5H2,(H2,11,12). The van der Waals surface area contributed by atoms with Crippen LogP contribution in [0, 0.1) is 0 Å². The predicted octanol–water partition coefficient (Wildman–Crippen LogP) is 1.35. The van der Waals surface area contributed by atoms with E-state index < -0.39 is 0 Å². The van der Waals surface area contributed by atoms with Gasteiger partial charge in [-0.15, -0.1) is 0 Å². The van der Waals surface area contributed by atoms with Crippen LogP contribution in [-0.4, -0.2) is 11.7 Å². The fraction of sp³-hybridized carbons (Fsp3) is 0.111. The summed E-state index contributed by atoms with van der Waals surface area (Å²) in [6.07, 6.45) is 0.183. The van der Waals surface area contributed by atoms with Gasteiger partial charge in [-0.3, -0.25) is 4.79 Å². The van der Waals surface area contributed by atoms with E-state index >= 15 is 0 Å². The second-order valence-corrected chi connectivity index (χ2v) is 3.39. The Morgan fingerprint density at radius 1 is 1.36 bits per heavy atom. The van der Waals surface area contributed by atoms with E-state index in [0.29, 0.717) is 16.5 Å². The second kappa shape index (κ2) is 3.31. The molecule has 0 saturated heterocycles. The third kappa shape index (κ3) is 1.56. The van der Waals surface area contributed by atoms with E-state index in [-0.39, 0.29) is 12.3 Å². The summed E-state index contributed by atoms with van der Waals surface area (Å²) in [5, 5.41) is 5.81. The molecule has 1 aromatic rings. The maximum Gasteiger partial charge on any atom is 0.255 e. The normalized spacial score (nSPS) is 15.9. The minimum Gasteiger partial charge on any atom is -0.385 e. The number of carbonyl (C=O) groups is 1. The number of amides is 1. The van der Waals surface area contributed by atoms with Crippen molar-refractivity contribution < 1.29 is 4.79 Å². The summed E-state index contributed by atoms with van der Waals surface area (Å²) in [6, 6.07) is 6.85. The summed E-state index contributed by atoms with van der Waals surface area (Å²) in [6.45, 7) is 0. The number of carbonyl (C=O) groups excluding carboxylic acids is 1. The van der Waals surface area contributed by atoms with Crippen molar-refractivity contribution in [3.05, 3.63) is 29.3 Å². The lowest BCUT2D eigenvalue weighted by molar-refractivity contribution is -0.116. The minimum atomic E-state index is -0.121. The fourth-order valence-corrected chi connectivity index (χ4v) is 1.36. The molecule has 14 heavy (non-hydrogen) atoms. The van der Waals surface area contributed by atoms with E-state index in [0.717, 1.165) is 0 Å². The summed E-state index contributed by atoms with van der Waals surface area (Å²) >= 11 is 5.72. The van der Waals surface area contributed by atoms with Crippen LogP contribution < -0.4 is 10.7 Å². The predicted molar refractivity (Wildman–Crippen MR) is 55.2 cm³/mol. The van der Waals surface area contributed by atoms with Crippen molar-refractivity contribution in [3.63, 3.8) is 0 Å². The highest BCUT2D eigenvalue weighted by Gasteiger charge is 2.22. The molecule has 1 heterocycles. The maximum absolute atomic E-state index is 11.4. The van der Waals surface area contributed by atoms with Crippen LogP contribution in [0.3, 0.4) is 0 Å². The summed E-state index contributed by atoms with van der Waals surface area (Å²) in [5.41, 5.74) is 6.12. The van der Waals surface area contributed by atoms with Gasteiger partial charge in [0, 0.05) is 5.02 Å². The number of anilines is 1. The Bertz CT molecular complexity index is 399. The second-order valence-electron chi connectivity index (χ2n) is 2.95. The van der Waals surface area contributed by atoms with Crippen molar-refractivity contribution >= 4 is 29.0 Å². The molecule has 0 atom stereocenters. The number of hydrogen-bond acceptors (Lipinski definition) is 3. The van der Waals surface area contributed by atoms with Gasteiger partial charge in [-0.2, -0.15) is 10.1 Å². The van der Waals surface area contributed by atoms with E-state index in [1.807, 2.05) is 0 Å². The molecule has 1 aliphatic rings. The molecule has 0 unspecified atom stereocenters. The average molecular weight is 210 g/mol. The topological polar surface area (TPSA) is 58.7 Å². The van der Waals surface area contributed by atoms with Gasteiger partial charge in [-0.1, -0.05) is 11.6 Å². The molecule has 0 radical (unpaired) electrons. The molecule has 2 rings (SSSR count). The summed E-state index contributed by atoms with van der Waals surface area (Å²) in [5.74, 6) is 0.217. The molecule has 1 aromatic carbocycles. The lowest BCUT2D eigenvalue weighted by Crippen LogP contribution is -2.19. The van der Waals surface area contributed by atoms with E-state index in [2.05, 4.69) is 5.10 Å². The van der Waals surface area contributed by atoms with Crippen molar-refractivity contribution in [1.82, 2.24) is 0 Å². The van der Waals surface area contributed by atoms with Crippen LogP contribution in [0.25, 0.3) is 0 Å². The number of nitrogens with two attached hydrogens (primary N) is 1. The molecule has 0 fully saturated rings. The van der Waals surface area contributed by atoms with Crippen LogP contribution in [-0.2, 0) is 4.79 Å². The number of benzene rings is 1. The van der Waals surface area contributed by atoms with Crippen LogP contribution in [0.4, 0.5) is 5.69 Å². The Labute approximate surface area is 86.0 Å². The molecule has 5 heteroatoms. The third-order valence-electron chi connectivity index (χ3n) is 1.87. The molecule has 0 saturated carbocycles. The highest BCUT2D eigenvalue weighted by Crippen LogP contribution is 2.21. The monoisotopic (exact) mass is 209 g/mol. The lowest BCUT2D eigenvalue weighted by atomic mass is 10.3. The zero-order chi connectivity index (χ0) is 10.1. The van der Waals surface area contributed by atoms with Crippen molar-refractivity contribution in [2.45, 2.75) is 6.42 Å². The molecule has 72 valence electrons. The first-order valence-corrected chi connectivity index (χ1v) is 4.46. The Morgan fingerprint density at radius 3 is 2.50 bits per heavy atom. The average Bonchev–Trinajstić information content (AvgIpc) is 2.47. The summed E-state index contributed by atoms with van der Waals surface area (Å²) < 4.78 is 0. The van der Waals surface area contributed by atoms with E-state index in [1.165, 1.54) is 5.01 Å². The molecular weight excluding hydrogens is 202 g/mol. The van der Waals surface area contributed by atoms with Gasteiger partial charge < -0.3 is 5.73 Å². The van der Waals surface area contributed by atoms with Crippen LogP contribution >= 0.6 is 11.6 Å². The number of hydrazone groups is 1. The molecule has 0 aromatic heterocycles. The van der Waals surface area contributed by atoms with Crippen molar-refractivity contribution in [1.29, 1.82) is 0 Å². The first kappa shape index (κ1) is 9.02. The van der Waals surface area contributed by atoms with Gasteiger partial charge in [0.05, 0.1) is 12.1 Å². The molecule has 4 nitrogen and oxygen atoms in total. The first-order valence-electron chi connectivity index (χ1n) is 4.08. The quantitative estimate of drug-likeness (QED) is 0.759. The van der Waals surface area contributed by atoms with Crippen molar-refractivity contribution in [3.8, 4) is 0 Å². The Morgan fingerprint density at radius 2 is 2.00 bits per heavy atom. The van der Waals surface area contributed by atoms with E-state index in [4.69, 9.17) is 17.3 Å². The van der Waals surface area contributed by atoms with Crippen LogP contribution in [0.15, 0.2) is 29.4 Å². The zero-order valence-corrected chi connectivity index (χ0v) is 8.03. The van der Waals surface area contributed by atoms with Gasteiger partial charge in [-0.05, 0) is 24.3 Å². The minimum absolute atomic E-state index is 0.121. The summed E-state index contributed by atoms with van der Waals surface area (Å²) in [4.78, 5) is 11.4. The fourth-order valence-electron chi connectivity index (χ4n) is 1.23. The summed E-state index contributed by atoms with van der Waals surface area (Å²) in [7, 11) is 0. The van der Waals surface area contributed by atoms with Crippen molar-refractivity contribution in [2.24, 2.45) is 10.8 Å². The molecule has 2 N–H and O–H groups in total. The first-order chi connectivity index (χ1) is 6.66. The zero-order valence-electron chi connectivity index (χ0n) is 7.27. The van der Waals surface area contributed by atoms with E-state index in [1.54, 1.807) is 24.3 Å². The Kier molecular flexibility index (Phi) is 2.13. The Hall–Kier alpha value is -1.55. The van der Waals surface area contributed by atoms with E-state index in [9.17, 15) is 4.79 Å². The van der Waals surface area contributed by atoms with Gasteiger partial charge in [-0.25, -0.2) is 0 Å². The number of amidine groups is 1. The van der Waals surface area contributed by atoms with Crippen LogP contribution in [0.1, 0.15) is 6.42 Å². The number of halogens is 1. The van der Waals surface area contributed by atoms with Gasteiger partial charge in [0.2, 0.25) is 0 Å². The molecule has 0 bridgehead atoms.